The number of alkyl halides is 3. The molecule has 4 rings (SSSR count). The Balaban J connectivity index is 1.50. The largest absolute Gasteiger partial charge is 0.417 e. The number of halogens is 3. The molecular formula is C18H16F3N7O2. The van der Waals surface area contributed by atoms with Crippen LogP contribution in [0, 0.1) is 0 Å². The smallest absolute Gasteiger partial charge is 0.383 e. The van der Waals surface area contributed by atoms with Gasteiger partial charge < -0.3 is 16.0 Å². The van der Waals surface area contributed by atoms with Crippen LogP contribution in [-0.2, 0) is 22.3 Å². The molecule has 3 heterocycles. The van der Waals surface area contributed by atoms with E-state index >= 15 is 0 Å². The number of aromatic amines is 1. The predicted molar refractivity (Wildman–Crippen MR) is 99.7 cm³/mol. The third-order valence-electron chi connectivity index (χ3n) is 4.69. The summed E-state index contributed by atoms with van der Waals surface area (Å²) in [6, 6.07) is 1.93. The first kappa shape index (κ1) is 19.6. The maximum Gasteiger partial charge on any atom is 0.417 e. The Hall–Kier alpha value is -3.70. The van der Waals surface area contributed by atoms with E-state index < -0.39 is 23.6 Å². The molecule has 0 bridgehead atoms. The van der Waals surface area contributed by atoms with Gasteiger partial charge in [-0.25, -0.2) is 4.98 Å². The zero-order chi connectivity index (χ0) is 21.5. The SMILES string of the molecule is Nc1ncc(NC(=O)C(=O)N(Cc2ccc(C(F)(F)F)cn2)C2CC2)c2[nH]ncc12. The van der Waals surface area contributed by atoms with Gasteiger partial charge in [0.15, 0.2) is 0 Å². The van der Waals surface area contributed by atoms with Gasteiger partial charge in [0.25, 0.3) is 0 Å². The highest BCUT2D eigenvalue weighted by Gasteiger charge is 2.36. The number of carbonyl (C=O) groups is 2. The predicted octanol–water partition coefficient (Wildman–Crippen LogP) is 2.08. The number of amides is 2. The summed E-state index contributed by atoms with van der Waals surface area (Å²) >= 11 is 0. The van der Waals surface area contributed by atoms with E-state index in [2.05, 4.69) is 25.5 Å². The Morgan fingerprint density at radius 3 is 2.60 bits per heavy atom. The van der Waals surface area contributed by atoms with Crippen molar-refractivity contribution < 1.29 is 22.8 Å². The Kier molecular flexibility index (Phi) is 4.76. The van der Waals surface area contributed by atoms with Crippen LogP contribution in [0.2, 0.25) is 0 Å². The number of hydrogen-bond donors (Lipinski definition) is 3. The monoisotopic (exact) mass is 419 g/mol. The summed E-state index contributed by atoms with van der Waals surface area (Å²) in [5, 5.41) is 9.51. The van der Waals surface area contributed by atoms with Crippen molar-refractivity contribution in [2.75, 3.05) is 11.1 Å². The molecule has 1 aliphatic carbocycles. The summed E-state index contributed by atoms with van der Waals surface area (Å²) in [6.07, 6.45) is 0.367. The third kappa shape index (κ3) is 3.88. The van der Waals surface area contributed by atoms with Crippen molar-refractivity contribution in [1.29, 1.82) is 0 Å². The standard InChI is InChI=1S/C18H16F3N7O2/c19-18(20,21)9-1-2-10(23-5-9)8-28(11-3-4-11)17(30)16(29)26-13-7-24-15(22)12-6-25-27-14(12)13/h1-2,5-7,11H,3-4,8H2,(H2,22,24)(H,25,27)(H,26,29). The molecule has 1 fully saturated rings. The molecule has 2 amide bonds. The number of nitrogen functional groups attached to an aromatic ring is 1. The molecule has 0 aliphatic heterocycles. The van der Waals surface area contributed by atoms with E-state index in [-0.39, 0.29) is 29.8 Å². The highest BCUT2D eigenvalue weighted by Crippen LogP contribution is 2.31. The van der Waals surface area contributed by atoms with E-state index in [9.17, 15) is 22.8 Å². The van der Waals surface area contributed by atoms with E-state index in [0.29, 0.717) is 29.9 Å². The first-order valence-electron chi connectivity index (χ1n) is 8.95. The van der Waals surface area contributed by atoms with E-state index in [1.807, 2.05) is 0 Å². The average molecular weight is 419 g/mol. The lowest BCUT2D eigenvalue weighted by molar-refractivity contribution is -0.144. The second-order valence-corrected chi connectivity index (χ2v) is 6.87. The van der Waals surface area contributed by atoms with E-state index in [4.69, 9.17) is 5.73 Å². The second kappa shape index (κ2) is 7.28. The van der Waals surface area contributed by atoms with Crippen LogP contribution in [0.1, 0.15) is 24.1 Å². The number of anilines is 2. The fourth-order valence-electron chi connectivity index (χ4n) is 2.97. The molecule has 12 heteroatoms. The molecule has 1 aliphatic rings. The van der Waals surface area contributed by atoms with Crippen LogP contribution in [-0.4, -0.2) is 42.9 Å². The van der Waals surface area contributed by atoms with Gasteiger partial charge in [0, 0.05) is 12.2 Å². The highest BCUT2D eigenvalue weighted by molar-refractivity contribution is 6.40. The van der Waals surface area contributed by atoms with Crippen molar-refractivity contribution in [2.24, 2.45) is 0 Å². The van der Waals surface area contributed by atoms with Crippen molar-refractivity contribution in [2.45, 2.75) is 31.6 Å². The number of nitrogens with zero attached hydrogens (tertiary/aromatic N) is 4. The number of nitrogens with one attached hydrogen (secondary N) is 2. The van der Waals surface area contributed by atoms with Crippen molar-refractivity contribution >= 4 is 34.2 Å². The van der Waals surface area contributed by atoms with Crippen molar-refractivity contribution in [3.63, 3.8) is 0 Å². The summed E-state index contributed by atoms with van der Waals surface area (Å²) in [7, 11) is 0. The molecule has 156 valence electrons. The summed E-state index contributed by atoms with van der Waals surface area (Å²) < 4.78 is 38.1. The van der Waals surface area contributed by atoms with Gasteiger partial charge in [-0.1, -0.05) is 0 Å². The van der Waals surface area contributed by atoms with Crippen molar-refractivity contribution in [1.82, 2.24) is 25.1 Å². The van der Waals surface area contributed by atoms with Gasteiger partial charge in [-0.15, -0.1) is 0 Å². The number of H-pyrrole nitrogens is 1. The number of fused-ring (bicyclic) bond motifs is 1. The lowest BCUT2D eigenvalue weighted by Crippen LogP contribution is -2.41. The van der Waals surface area contributed by atoms with Gasteiger partial charge in [0.05, 0.1) is 46.8 Å². The van der Waals surface area contributed by atoms with Gasteiger partial charge in [-0.2, -0.15) is 18.3 Å². The Morgan fingerprint density at radius 1 is 1.20 bits per heavy atom. The first-order valence-corrected chi connectivity index (χ1v) is 8.95. The number of hydrogen-bond acceptors (Lipinski definition) is 6. The number of nitrogens with two attached hydrogens (primary N) is 1. The molecule has 0 saturated heterocycles. The van der Waals surface area contributed by atoms with Gasteiger partial charge in [-0.3, -0.25) is 19.7 Å². The first-order chi connectivity index (χ1) is 14.2. The average Bonchev–Trinajstić information content (AvgIpc) is 3.42. The van der Waals surface area contributed by atoms with Gasteiger partial charge in [-0.05, 0) is 25.0 Å². The van der Waals surface area contributed by atoms with E-state index in [0.717, 1.165) is 6.07 Å². The van der Waals surface area contributed by atoms with Crippen LogP contribution in [0.3, 0.4) is 0 Å². The number of carbonyl (C=O) groups excluding carboxylic acids is 2. The number of rotatable bonds is 4. The molecule has 0 unspecified atom stereocenters. The zero-order valence-corrected chi connectivity index (χ0v) is 15.4. The Labute approximate surface area is 167 Å². The fourth-order valence-corrected chi connectivity index (χ4v) is 2.97. The number of aromatic nitrogens is 4. The summed E-state index contributed by atoms with van der Waals surface area (Å²) in [5.74, 6) is -1.50. The zero-order valence-electron chi connectivity index (χ0n) is 15.4. The molecule has 3 aromatic rings. The van der Waals surface area contributed by atoms with Crippen LogP contribution in [0.5, 0.6) is 0 Å². The van der Waals surface area contributed by atoms with E-state index in [1.165, 1.54) is 23.4 Å². The summed E-state index contributed by atoms with van der Waals surface area (Å²) in [6.45, 7) is -0.0749. The fraction of sp³-hybridized carbons (Fsp3) is 0.278. The highest BCUT2D eigenvalue weighted by atomic mass is 19.4. The van der Waals surface area contributed by atoms with Crippen LogP contribution in [0.4, 0.5) is 24.7 Å². The molecule has 0 aromatic carbocycles. The lowest BCUT2D eigenvalue weighted by Gasteiger charge is -2.21. The van der Waals surface area contributed by atoms with Gasteiger partial charge >= 0.3 is 18.0 Å². The topological polar surface area (TPSA) is 130 Å². The Bertz CT molecular complexity index is 1110. The minimum Gasteiger partial charge on any atom is -0.383 e. The minimum atomic E-state index is -4.50. The molecule has 0 atom stereocenters. The Morgan fingerprint density at radius 2 is 1.97 bits per heavy atom. The van der Waals surface area contributed by atoms with Gasteiger partial charge in [0.2, 0.25) is 0 Å². The molecule has 3 aromatic heterocycles. The molecule has 30 heavy (non-hydrogen) atoms. The normalized spacial score (nSPS) is 14.0. The molecule has 4 N–H and O–H groups in total. The van der Waals surface area contributed by atoms with Crippen molar-refractivity contribution in [3.8, 4) is 0 Å². The third-order valence-corrected chi connectivity index (χ3v) is 4.69. The molecule has 0 spiro atoms. The van der Waals surface area contributed by atoms with E-state index in [1.54, 1.807) is 0 Å². The van der Waals surface area contributed by atoms with Crippen molar-refractivity contribution in [3.05, 3.63) is 42.0 Å². The molecule has 1 saturated carbocycles. The molecule has 9 nitrogen and oxygen atoms in total. The quantitative estimate of drug-likeness (QED) is 0.555. The van der Waals surface area contributed by atoms with Crippen LogP contribution in [0.15, 0.2) is 30.7 Å². The summed E-state index contributed by atoms with van der Waals surface area (Å²) in [5.41, 5.74) is 5.77. The lowest BCUT2D eigenvalue weighted by atomic mass is 10.2. The second-order valence-electron chi connectivity index (χ2n) is 6.87. The van der Waals surface area contributed by atoms with Gasteiger partial charge in [0.1, 0.15) is 5.82 Å². The van der Waals surface area contributed by atoms with Crippen LogP contribution in [0.25, 0.3) is 10.9 Å². The minimum absolute atomic E-state index is 0.0749. The maximum atomic E-state index is 12.7. The summed E-state index contributed by atoms with van der Waals surface area (Å²) in [4.78, 5) is 34.3. The maximum absolute atomic E-state index is 12.7. The van der Waals surface area contributed by atoms with Crippen LogP contribution < -0.4 is 11.1 Å². The van der Waals surface area contributed by atoms with Crippen LogP contribution >= 0.6 is 0 Å². The number of pyridine rings is 2. The molecule has 0 radical (unpaired) electrons. The molecular weight excluding hydrogens is 403 g/mol.